The van der Waals surface area contributed by atoms with Gasteiger partial charge in [-0.2, -0.15) is 0 Å². The molecule has 2 bridgehead atoms. The number of rotatable bonds is 10. The largest absolute Gasteiger partial charge is 0.393 e. The van der Waals surface area contributed by atoms with E-state index in [0.717, 1.165) is 30.4 Å². The van der Waals surface area contributed by atoms with Crippen molar-refractivity contribution in [2.75, 3.05) is 0 Å². The van der Waals surface area contributed by atoms with Crippen molar-refractivity contribution >= 4 is 0 Å². The highest BCUT2D eigenvalue weighted by Gasteiger charge is 2.67. The Labute approximate surface area is 262 Å². The number of fused-ring (bicyclic) bond motifs is 2. The number of hydrogen-bond acceptors (Lipinski definition) is 3. The quantitative estimate of drug-likeness (QED) is 0.251. The number of hydrogen-bond donors (Lipinski definition) is 2. The lowest BCUT2D eigenvalue weighted by Gasteiger charge is -2.46. The van der Waals surface area contributed by atoms with Gasteiger partial charge in [0.1, 0.15) is 5.60 Å². The van der Waals surface area contributed by atoms with Gasteiger partial charge in [-0.05, 0) is 77.9 Å². The van der Waals surface area contributed by atoms with Crippen LogP contribution < -0.4 is 0 Å². The molecule has 1 aliphatic carbocycles. The van der Waals surface area contributed by atoms with Crippen LogP contribution in [0.3, 0.4) is 0 Å². The molecule has 0 spiro atoms. The van der Waals surface area contributed by atoms with E-state index in [0.29, 0.717) is 6.42 Å². The first-order valence-corrected chi connectivity index (χ1v) is 15.9. The normalized spacial score (nSPS) is 32.3. The van der Waals surface area contributed by atoms with Crippen LogP contribution in [-0.2, 0) is 4.74 Å². The lowest BCUT2D eigenvalue weighted by Crippen LogP contribution is -2.56. The molecule has 0 aromatic heterocycles. The molecule has 4 unspecified atom stereocenters. The van der Waals surface area contributed by atoms with Gasteiger partial charge in [-0.3, -0.25) is 0 Å². The molecule has 3 nitrogen and oxygen atoms in total. The highest BCUT2D eigenvalue weighted by molar-refractivity contribution is 5.38. The molecule has 2 N–H and O–H groups in total. The molecule has 3 aliphatic rings. The van der Waals surface area contributed by atoms with Gasteiger partial charge < -0.3 is 14.9 Å². The molecule has 3 heteroatoms. The Bertz CT molecular complexity index is 1310. The number of aliphatic hydroxyl groups excluding tert-OH is 1. The molecule has 4 atom stereocenters. The maximum atomic E-state index is 11.1. The van der Waals surface area contributed by atoms with Gasteiger partial charge >= 0.3 is 0 Å². The van der Waals surface area contributed by atoms with Crippen molar-refractivity contribution in [3.05, 3.63) is 119 Å². The molecule has 3 rings (SSSR count). The summed E-state index contributed by atoms with van der Waals surface area (Å²) in [4.78, 5) is 0. The maximum Gasteiger partial charge on any atom is 0.120 e. The van der Waals surface area contributed by atoms with Gasteiger partial charge in [0, 0.05) is 11.8 Å². The van der Waals surface area contributed by atoms with Crippen LogP contribution in [0.1, 0.15) is 94.9 Å². The first kappa shape index (κ1) is 34.8. The first-order valence-electron chi connectivity index (χ1n) is 15.9. The van der Waals surface area contributed by atoms with Crippen molar-refractivity contribution < 1.29 is 14.9 Å². The molecule has 0 saturated carbocycles. The van der Waals surface area contributed by atoms with Crippen LogP contribution in [-0.4, -0.2) is 33.6 Å². The van der Waals surface area contributed by atoms with Gasteiger partial charge in [0.2, 0.25) is 0 Å². The fourth-order valence-electron chi connectivity index (χ4n) is 7.18. The summed E-state index contributed by atoms with van der Waals surface area (Å²) >= 11 is 0. The third kappa shape index (κ3) is 8.69. The molecule has 0 aromatic carbocycles. The summed E-state index contributed by atoms with van der Waals surface area (Å²) < 4.78 is 6.31. The fraction of sp³-hybridized carbons (Fsp3) is 0.500. The average molecular weight is 585 g/mol. The van der Waals surface area contributed by atoms with Crippen molar-refractivity contribution in [2.45, 2.75) is 118 Å². The number of allylic oxidation sites excluding steroid dienone is 18. The van der Waals surface area contributed by atoms with Crippen molar-refractivity contribution in [2.24, 2.45) is 10.8 Å². The molecule has 43 heavy (non-hydrogen) atoms. The lowest BCUT2D eigenvalue weighted by atomic mass is 9.61. The van der Waals surface area contributed by atoms with Crippen molar-refractivity contribution in [3.63, 3.8) is 0 Å². The molecule has 0 amide bonds. The number of aliphatic hydroxyl groups is 2. The fourth-order valence-corrected chi connectivity index (χ4v) is 7.18. The van der Waals surface area contributed by atoms with Gasteiger partial charge in [0.05, 0.1) is 17.8 Å². The summed E-state index contributed by atoms with van der Waals surface area (Å²) in [5.74, 6) is 0. The zero-order valence-corrected chi connectivity index (χ0v) is 28.4. The minimum absolute atomic E-state index is 0.00123. The van der Waals surface area contributed by atoms with Crippen LogP contribution in [0.25, 0.3) is 0 Å². The first-order chi connectivity index (χ1) is 20.0. The topological polar surface area (TPSA) is 49.7 Å². The predicted molar refractivity (Wildman–Crippen MR) is 184 cm³/mol. The van der Waals surface area contributed by atoms with E-state index < -0.39 is 11.2 Å². The summed E-state index contributed by atoms with van der Waals surface area (Å²) in [6, 6.07) is 0. The van der Waals surface area contributed by atoms with Crippen molar-refractivity contribution in [1.29, 1.82) is 0 Å². The third-order valence-electron chi connectivity index (χ3n) is 9.36. The third-order valence-corrected chi connectivity index (χ3v) is 9.36. The Hall–Kier alpha value is -2.72. The Morgan fingerprint density at radius 3 is 1.74 bits per heavy atom. The van der Waals surface area contributed by atoms with Crippen LogP contribution in [0.5, 0.6) is 0 Å². The van der Waals surface area contributed by atoms with E-state index in [2.05, 4.69) is 147 Å². The monoisotopic (exact) mass is 584 g/mol. The Morgan fingerprint density at radius 2 is 1.23 bits per heavy atom. The van der Waals surface area contributed by atoms with E-state index in [-0.39, 0.29) is 23.0 Å². The molecular formula is C40H56O3. The predicted octanol–water partition coefficient (Wildman–Crippen LogP) is 9.76. The van der Waals surface area contributed by atoms with E-state index in [1.165, 1.54) is 22.3 Å². The van der Waals surface area contributed by atoms with Crippen molar-refractivity contribution in [3.8, 4) is 0 Å². The highest BCUT2D eigenvalue weighted by atomic mass is 16.5. The summed E-state index contributed by atoms with van der Waals surface area (Å²) in [5.41, 5.74) is 5.72. The Morgan fingerprint density at radius 1 is 0.721 bits per heavy atom. The zero-order chi connectivity index (χ0) is 32.1. The summed E-state index contributed by atoms with van der Waals surface area (Å²) in [5, 5.41) is 21.2. The lowest BCUT2D eigenvalue weighted by molar-refractivity contribution is -0.115. The maximum absolute atomic E-state index is 11.1. The average Bonchev–Trinajstić information content (AvgIpc) is 3.28. The van der Waals surface area contributed by atoms with E-state index >= 15 is 0 Å². The van der Waals surface area contributed by atoms with Crippen LogP contribution in [0.15, 0.2) is 119 Å². The van der Waals surface area contributed by atoms with Crippen LogP contribution in [0.4, 0.5) is 0 Å². The SMILES string of the molecule is CC1=C(/C=C/C(C)=C/C=C/C(C)=C/C=C\C=C(C)/C=C/C=C(C)\C=C\C23OC(CC2(C)C)CC3(C)O)C(C)(C)CC(O)C1. The molecule has 234 valence electrons. The molecule has 0 radical (unpaired) electrons. The Balaban J connectivity index is 1.52. The molecular weight excluding hydrogens is 528 g/mol. The van der Waals surface area contributed by atoms with E-state index in [1.54, 1.807) is 0 Å². The van der Waals surface area contributed by atoms with Crippen molar-refractivity contribution in [1.82, 2.24) is 0 Å². The van der Waals surface area contributed by atoms with Crippen LogP contribution in [0.2, 0.25) is 0 Å². The molecule has 2 aliphatic heterocycles. The second-order valence-corrected chi connectivity index (χ2v) is 14.6. The molecule has 2 heterocycles. The molecule has 2 saturated heterocycles. The van der Waals surface area contributed by atoms with Crippen LogP contribution in [0, 0.1) is 10.8 Å². The second-order valence-electron chi connectivity index (χ2n) is 14.6. The summed E-state index contributed by atoms with van der Waals surface area (Å²) in [7, 11) is 0. The van der Waals surface area contributed by atoms with Crippen LogP contribution >= 0.6 is 0 Å². The second kappa shape index (κ2) is 13.9. The van der Waals surface area contributed by atoms with E-state index in [1.807, 2.05) is 6.92 Å². The van der Waals surface area contributed by atoms with E-state index in [4.69, 9.17) is 4.74 Å². The van der Waals surface area contributed by atoms with E-state index in [9.17, 15) is 10.2 Å². The standard InChI is InChI=1S/C40H56O3/c1-29(17-13-19-31(3)21-22-36-33(5)25-34(41)26-37(36,6)7)15-11-12-16-30(2)18-14-20-32(4)23-24-40-38(8,9)27-35(43-40)28-39(40,10)42/h11-24,34-35,41-42H,25-28H2,1-10H3/b12-11-,17-13+,18-14+,22-21+,24-23+,29-15+,30-16-,31-19+,32-20-. The van der Waals surface area contributed by atoms with Gasteiger partial charge in [-0.1, -0.05) is 135 Å². The van der Waals surface area contributed by atoms with Gasteiger partial charge in [-0.15, -0.1) is 0 Å². The highest BCUT2D eigenvalue weighted by Crippen LogP contribution is 2.60. The molecule has 2 fully saturated rings. The number of ether oxygens (including phenoxy) is 1. The minimum atomic E-state index is -0.844. The van der Waals surface area contributed by atoms with Gasteiger partial charge in [0.25, 0.3) is 0 Å². The summed E-state index contributed by atoms with van der Waals surface area (Å²) in [6.07, 6.45) is 32.7. The zero-order valence-electron chi connectivity index (χ0n) is 28.4. The van der Waals surface area contributed by atoms with Gasteiger partial charge in [0.15, 0.2) is 0 Å². The molecule has 0 aromatic rings. The Kier molecular flexibility index (Phi) is 11.3. The summed E-state index contributed by atoms with van der Waals surface area (Å²) in [6.45, 7) is 21.3. The minimum Gasteiger partial charge on any atom is -0.393 e. The smallest absolute Gasteiger partial charge is 0.120 e. The van der Waals surface area contributed by atoms with Gasteiger partial charge in [-0.25, -0.2) is 0 Å².